The lowest BCUT2D eigenvalue weighted by molar-refractivity contribution is 0.674. The van der Waals surface area contributed by atoms with Crippen molar-refractivity contribution in [3.05, 3.63) is 216 Å². The van der Waals surface area contributed by atoms with E-state index in [-0.39, 0.29) is 12.1 Å². The monoisotopic (exact) mass is 709 g/mol. The molecule has 256 valence electrons. The summed E-state index contributed by atoms with van der Waals surface area (Å²) < 4.78 is 2.50. The highest BCUT2D eigenvalue weighted by Gasteiger charge is 2.23. The normalized spacial score (nSPS) is 15.4. The van der Waals surface area contributed by atoms with Gasteiger partial charge in [0.05, 0.1) is 0 Å². The molecule has 0 radical (unpaired) electrons. The molecular weight excluding hydrogens is 675 g/mol. The highest BCUT2D eigenvalue weighted by atomic mass is 32.1. The van der Waals surface area contributed by atoms with Crippen LogP contribution in [-0.4, -0.2) is 11.7 Å². The van der Waals surface area contributed by atoms with Crippen LogP contribution in [0, 0.1) is 0 Å². The van der Waals surface area contributed by atoms with Crippen LogP contribution < -0.4 is 5.32 Å². The Morgan fingerprint density at radius 1 is 0.463 bits per heavy atom. The molecular formula is C50H35N3S. The minimum Gasteiger partial charge on any atom is -0.344 e. The molecule has 0 saturated heterocycles. The Morgan fingerprint density at radius 3 is 1.87 bits per heavy atom. The van der Waals surface area contributed by atoms with Crippen LogP contribution >= 0.6 is 11.3 Å². The number of benzene rings is 7. The summed E-state index contributed by atoms with van der Waals surface area (Å²) in [6, 6.07) is 60.8. The maximum absolute atomic E-state index is 5.19. The number of nitrogens with one attached hydrogen (secondary N) is 1. The lowest BCUT2D eigenvalue weighted by atomic mass is 9.89. The van der Waals surface area contributed by atoms with Gasteiger partial charge in [0.1, 0.15) is 12.0 Å². The van der Waals surface area contributed by atoms with Gasteiger partial charge >= 0.3 is 0 Å². The predicted molar refractivity (Wildman–Crippen MR) is 228 cm³/mol. The van der Waals surface area contributed by atoms with E-state index in [0.29, 0.717) is 0 Å². The predicted octanol–water partition coefficient (Wildman–Crippen LogP) is 12.8. The molecule has 2 heterocycles. The first-order valence-electron chi connectivity index (χ1n) is 18.4. The highest BCUT2D eigenvalue weighted by molar-refractivity contribution is 7.26. The molecule has 7 aromatic carbocycles. The maximum atomic E-state index is 5.19. The minimum atomic E-state index is -0.269. The van der Waals surface area contributed by atoms with Crippen molar-refractivity contribution in [3.8, 4) is 33.4 Å². The van der Waals surface area contributed by atoms with E-state index < -0.39 is 0 Å². The van der Waals surface area contributed by atoms with E-state index >= 15 is 0 Å². The molecule has 0 spiro atoms. The lowest BCUT2D eigenvalue weighted by Crippen LogP contribution is -2.33. The summed E-state index contributed by atoms with van der Waals surface area (Å²) in [5.74, 6) is 1.79. The molecule has 0 bridgehead atoms. The van der Waals surface area contributed by atoms with Gasteiger partial charge in [-0.1, -0.05) is 164 Å². The summed E-state index contributed by atoms with van der Waals surface area (Å²) in [4.78, 5) is 10.3. The number of rotatable bonds is 7. The molecule has 0 saturated carbocycles. The average Bonchev–Trinajstić information content (AvgIpc) is 3.93. The molecule has 54 heavy (non-hydrogen) atoms. The molecule has 0 fully saturated rings. The van der Waals surface area contributed by atoms with Crippen LogP contribution in [0.4, 0.5) is 0 Å². The number of hydrogen-bond acceptors (Lipinski definition) is 4. The van der Waals surface area contributed by atoms with Gasteiger partial charge in [-0.25, -0.2) is 9.98 Å². The fraction of sp³-hybridized carbons (Fsp3) is 0.0400. The Kier molecular flexibility index (Phi) is 8.16. The van der Waals surface area contributed by atoms with Gasteiger partial charge in [0, 0.05) is 37.2 Å². The van der Waals surface area contributed by atoms with Crippen molar-refractivity contribution >= 4 is 43.2 Å². The third kappa shape index (κ3) is 6.07. The number of hydrogen-bond donors (Lipinski definition) is 1. The van der Waals surface area contributed by atoms with Crippen molar-refractivity contribution < 1.29 is 0 Å². The Hall–Kier alpha value is -6.62. The third-order valence-electron chi connectivity index (χ3n) is 10.3. The zero-order valence-corrected chi connectivity index (χ0v) is 30.2. The fourth-order valence-corrected chi connectivity index (χ4v) is 8.84. The van der Waals surface area contributed by atoms with Crippen LogP contribution in [0.25, 0.3) is 53.6 Å². The number of allylic oxidation sites excluding steroid dienone is 4. The fourth-order valence-electron chi connectivity index (χ4n) is 7.67. The summed E-state index contributed by atoms with van der Waals surface area (Å²) in [5, 5.41) is 6.25. The summed E-state index contributed by atoms with van der Waals surface area (Å²) >= 11 is 1.83. The summed E-state index contributed by atoms with van der Waals surface area (Å²) in [5.41, 5.74) is 11.6. The van der Waals surface area contributed by atoms with Gasteiger partial charge in [-0.05, 0) is 74.8 Å². The van der Waals surface area contributed by atoms with Gasteiger partial charge in [0.15, 0.2) is 5.84 Å². The van der Waals surface area contributed by atoms with Crippen LogP contribution in [0.15, 0.2) is 204 Å². The molecule has 0 amide bonds. The quantitative estimate of drug-likeness (QED) is 0.176. The number of aliphatic imine (C=N–C) groups is 2. The molecule has 8 aromatic rings. The molecule has 3 nitrogen and oxygen atoms in total. The minimum absolute atomic E-state index is 0.261. The average molecular weight is 710 g/mol. The van der Waals surface area contributed by atoms with E-state index in [1.807, 2.05) is 35.6 Å². The van der Waals surface area contributed by atoms with Gasteiger partial charge in [0.25, 0.3) is 0 Å². The second-order valence-electron chi connectivity index (χ2n) is 13.8. The van der Waals surface area contributed by atoms with Gasteiger partial charge < -0.3 is 5.32 Å². The van der Waals surface area contributed by atoms with Crippen LogP contribution in [0.1, 0.15) is 34.3 Å². The van der Waals surface area contributed by atoms with Crippen molar-refractivity contribution in [2.45, 2.75) is 12.1 Å². The Bertz CT molecular complexity index is 2780. The molecule has 1 aromatic heterocycles. The van der Waals surface area contributed by atoms with E-state index in [9.17, 15) is 0 Å². The Balaban J connectivity index is 1.14. The van der Waals surface area contributed by atoms with Crippen LogP contribution in [-0.2, 0) is 0 Å². The van der Waals surface area contributed by atoms with Crippen LogP contribution in [0.5, 0.6) is 0 Å². The number of amidine groups is 2. The van der Waals surface area contributed by atoms with Crippen molar-refractivity contribution in [2.75, 3.05) is 0 Å². The molecule has 2 aliphatic rings. The van der Waals surface area contributed by atoms with Crippen LogP contribution in [0.3, 0.4) is 0 Å². The van der Waals surface area contributed by atoms with E-state index in [2.05, 4.69) is 175 Å². The van der Waals surface area contributed by atoms with Gasteiger partial charge in [-0.15, -0.1) is 11.3 Å². The SMILES string of the molecule is C1=CC(c2cc(-c3ccccc3)cc(-c3cccc(-c4cc(C5=NC(c6ccccc6)=NC(c6ccccc6)N5)cc5sc6ccccc6c45)c3)c2)C=C1. The molecule has 1 aliphatic heterocycles. The molecule has 1 atom stereocenters. The number of thiophene rings is 1. The van der Waals surface area contributed by atoms with Gasteiger partial charge in [0.2, 0.25) is 0 Å². The Labute approximate surface area is 319 Å². The second kappa shape index (κ2) is 13.7. The molecule has 1 aliphatic carbocycles. The molecule has 1 unspecified atom stereocenters. The van der Waals surface area contributed by atoms with E-state index in [1.54, 1.807) is 0 Å². The first-order chi connectivity index (χ1) is 26.7. The van der Waals surface area contributed by atoms with Crippen molar-refractivity contribution in [1.82, 2.24) is 5.32 Å². The number of fused-ring (bicyclic) bond motifs is 3. The van der Waals surface area contributed by atoms with Crippen molar-refractivity contribution in [2.24, 2.45) is 9.98 Å². The number of nitrogens with zero attached hydrogens (tertiary/aromatic N) is 2. The first kappa shape index (κ1) is 32.1. The summed E-state index contributed by atoms with van der Waals surface area (Å²) in [6.45, 7) is 0. The Morgan fingerprint density at radius 2 is 1.09 bits per heavy atom. The lowest BCUT2D eigenvalue weighted by Gasteiger charge is -2.24. The van der Waals surface area contributed by atoms with E-state index in [1.165, 1.54) is 59.1 Å². The summed E-state index contributed by atoms with van der Waals surface area (Å²) in [7, 11) is 0. The summed E-state index contributed by atoms with van der Waals surface area (Å²) in [6.07, 6.45) is 8.56. The molecule has 1 N–H and O–H groups in total. The smallest absolute Gasteiger partial charge is 0.159 e. The highest BCUT2D eigenvalue weighted by Crippen LogP contribution is 2.42. The van der Waals surface area contributed by atoms with E-state index in [4.69, 9.17) is 9.98 Å². The largest absolute Gasteiger partial charge is 0.344 e. The van der Waals surface area contributed by atoms with Crippen molar-refractivity contribution in [3.63, 3.8) is 0 Å². The zero-order valence-electron chi connectivity index (χ0n) is 29.4. The first-order valence-corrected chi connectivity index (χ1v) is 19.2. The molecule has 10 rings (SSSR count). The second-order valence-corrected chi connectivity index (χ2v) is 14.9. The maximum Gasteiger partial charge on any atom is 0.159 e. The van der Waals surface area contributed by atoms with Crippen molar-refractivity contribution in [1.29, 1.82) is 0 Å². The topological polar surface area (TPSA) is 36.8 Å². The zero-order chi connectivity index (χ0) is 35.8. The van der Waals surface area contributed by atoms with E-state index in [0.717, 1.165) is 28.4 Å². The van der Waals surface area contributed by atoms with Crippen LogP contribution in [0.2, 0.25) is 0 Å². The molecule has 4 heteroatoms. The van der Waals surface area contributed by atoms with Gasteiger partial charge in [-0.3, -0.25) is 0 Å². The van der Waals surface area contributed by atoms with Gasteiger partial charge in [-0.2, -0.15) is 0 Å². The third-order valence-corrected chi connectivity index (χ3v) is 11.5. The standard InChI is InChI=1S/C50H35N3S/c1-4-15-33(16-5-1)39-28-40(34-17-10-11-18-34)30-41(29-39)37-23-14-24-38(27-37)44-31-42(32-46-47(44)43-25-12-13-26-45(43)54-46)50-52-48(35-19-6-2-7-20-35)51-49(53-50)36-21-8-3-9-22-36/h1-32,34,48H,(H,51,52,53).